The number of hydrogen-bond donors (Lipinski definition) is 1. The number of rotatable bonds is 5. The highest BCUT2D eigenvalue weighted by atomic mass is 16.6. The van der Waals surface area contributed by atoms with E-state index in [1.807, 2.05) is 24.3 Å². The summed E-state index contributed by atoms with van der Waals surface area (Å²) >= 11 is 0. The molecule has 1 N–H and O–H groups in total. The van der Waals surface area contributed by atoms with Crippen molar-refractivity contribution >= 4 is 5.91 Å². The molecule has 0 saturated carbocycles. The molecule has 150 valence electrons. The van der Waals surface area contributed by atoms with Crippen molar-refractivity contribution in [1.82, 2.24) is 25.5 Å². The molecule has 4 heterocycles. The maximum absolute atomic E-state index is 12.3. The lowest BCUT2D eigenvalue weighted by atomic mass is 10.1. The predicted molar refractivity (Wildman–Crippen MR) is 98.3 cm³/mol. The molecule has 1 amide bonds. The average Bonchev–Trinajstić information content (AvgIpc) is 3.52. The van der Waals surface area contributed by atoms with Crippen molar-refractivity contribution in [2.75, 3.05) is 20.3 Å². The first-order valence-corrected chi connectivity index (χ1v) is 9.24. The summed E-state index contributed by atoms with van der Waals surface area (Å²) in [5.41, 5.74) is 0.832. The van der Waals surface area contributed by atoms with Crippen molar-refractivity contribution < 1.29 is 23.4 Å². The molecule has 10 nitrogen and oxygen atoms in total. The fourth-order valence-corrected chi connectivity index (χ4v) is 3.83. The number of methoxy groups -OCH3 is 1. The Morgan fingerprint density at radius 2 is 2.10 bits per heavy atom. The van der Waals surface area contributed by atoms with Gasteiger partial charge in [-0.15, -0.1) is 5.10 Å². The van der Waals surface area contributed by atoms with Crippen LogP contribution >= 0.6 is 0 Å². The van der Waals surface area contributed by atoms with Crippen LogP contribution in [0.3, 0.4) is 0 Å². The van der Waals surface area contributed by atoms with Crippen LogP contribution < -0.4 is 10.1 Å². The second-order valence-corrected chi connectivity index (χ2v) is 6.90. The summed E-state index contributed by atoms with van der Waals surface area (Å²) in [7, 11) is 1.61. The number of carbonyl (C=O) groups is 1. The first-order valence-electron chi connectivity index (χ1n) is 9.24. The summed E-state index contributed by atoms with van der Waals surface area (Å²) in [6.45, 7) is 0.722. The molecule has 0 unspecified atom stereocenters. The van der Waals surface area contributed by atoms with E-state index < -0.39 is 0 Å². The van der Waals surface area contributed by atoms with Crippen molar-refractivity contribution in [1.29, 1.82) is 0 Å². The molecular weight excluding hydrogens is 378 g/mol. The summed E-state index contributed by atoms with van der Waals surface area (Å²) < 4.78 is 24.1. The van der Waals surface area contributed by atoms with Gasteiger partial charge in [0, 0.05) is 5.56 Å². The first kappa shape index (κ1) is 17.8. The lowest BCUT2D eigenvalue weighted by molar-refractivity contribution is 0.0613. The summed E-state index contributed by atoms with van der Waals surface area (Å²) in [5, 5.41) is 15.1. The molecule has 29 heavy (non-hydrogen) atoms. The van der Waals surface area contributed by atoms with Crippen LogP contribution in [-0.4, -0.2) is 64.7 Å². The normalized spacial score (nSPS) is 25.7. The van der Waals surface area contributed by atoms with Gasteiger partial charge in [-0.1, -0.05) is 12.1 Å². The van der Waals surface area contributed by atoms with Gasteiger partial charge in [0.2, 0.25) is 0 Å². The number of aromatic nitrogens is 4. The lowest BCUT2D eigenvalue weighted by Crippen LogP contribution is -2.44. The highest BCUT2D eigenvalue weighted by Crippen LogP contribution is 2.36. The van der Waals surface area contributed by atoms with Crippen LogP contribution in [0.2, 0.25) is 0 Å². The summed E-state index contributed by atoms with van der Waals surface area (Å²) in [6.07, 6.45) is 0.897. The largest absolute Gasteiger partial charge is 0.497 e. The van der Waals surface area contributed by atoms with Gasteiger partial charge in [0.15, 0.2) is 11.6 Å². The van der Waals surface area contributed by atoms with E-state index in [2.05, 4.69) is 20.8 Å². The van der Waals surface area contributed by atoms with Crippen LogP contribution in [0.5, 0.6) is 5.75 Å². The Hall–Kier alpha value is -3.24. The standard InChI is InChI=1S/C19H19N5O5/c1-26-12-5-2-4-11(8-12)18-21-22-23-24(18)14-10-29-16-13(9-28-17(14)16)20-19(25)15-6-3-7-27-15/h2-8,13-14,16-17H,9-10H2,1H3,(H,20,25)/t13-,14-,16+,17+/m0/s1. The predicted octanol–water partition coefficient (Wildman–Crippen LogP) is 1.08. The number of tetrazole rings is 1. The van der Waals surface area contributed by atoms with Gasteiger partial charge < -0.3 is 23.9 Å². The Balaban J connectivity index is 1.35. The molecule has 5 rings (SSSR count). The molecule has 2 aromatic heterocycles. The molecule has 2 fully saturated rings. The number of nitrogens with one attached hydrogen (secondary N) is 1. The Bertz CT molecular complexity index is 1000. The van der Waals surface area contributed by atoms with E-state index in [1.54, 1.807) is 23.9 Å². The minimum atomic E-state index is -0.296. The quantitative estimate of drug-likeness (QED) is 0.680. The number of nitrogens with zero attached hydrogens (tertiary/aromatic N) is 4. The molecule has 0 bridgehead atoms. The summed E-state index contributed by atoms with van der Waals surface area (Å²) in [4.78, 5) is 12.3. The number of benzene rings is 1. The monoisotopic (exact) mass is 397 g/mol. The van der Waals surface area contributed by atoms with E-state index in [9.17, 15) is 4.79 Å². The molecule has 10 heteroatoms. The van der Waals surface area contributed by atoms with Gasteiger partial charge >= 0.3 is 0 Å². The molecule has 4 atom stereocenters. The highest BCUT2D eigenvalue weighted by Gasteiger charge is 2.50. The number of fused-ring (bicyclic) bond motifs is 1. The van der Waals surface area contributed by atoms with Crippen LogP contribution in [0.1, 0.15) is 16.6 Å². The molecule has 1 aromatic carbocycles. The SMILES string of the molecule is COc1cccc(-c2nnnn2[C@H]2CO[C@H]3[C@@H]2OC[C@@H]3NC(=O)c2ccco2)c1. The van der Waals surface area contributed by atoms with E-state index >= 15 is 0 Å². The smallest absolute Gasteiger partial charge is 0.287 e. The van der Waals surface area contributed by atoms with Crippen molar-refractivity contribution in [2.45, 2.75) is 24.3 Å². The topological polar surface area (TPSA) is 114 Å². The van der Waals surface area contributed by atoms with Gasteiger partial charge in [0.25, 0.3) is 5.91 Å². The minimum Gasteiger partial charge on any atom is -0.497 e. The molecule has 3 aromatic rings. The molecule has 2 saturated heterocycles. The molecule has 2 aliphatic rings. The minimum absolute atomic E-state index is 0.207. The van der Waals surface area contributed by atoms with Crippen LogP contribution in [0.25, 0.3) is 11.4 Å². The summed E-state index contributed by atoms with van der Waals surface area (Å²) in [6, 6.07) is 10.3. The second kappa shape index (κ2) is 7.30. The van der Waals surface area contributed by atoms with E-state index in [4.69, 9.17) is 18.6 Å². The fourth-order valence-electron chi connectivity index (χ4n) is 3.83. The molecule has 2 aliphatic heterocycles. The van der Waals surface area contributed by atoms with E-state index in [0.29, 0.717) is 19.0 Å². The zero-order chi connectivity index (χ0) is 19.8. The van der Waals surface area contributed by atoms with Gasteiger partial charge in [0.1, 0.15) is 24.0 Å². The molecule has 0 aliphatic carbocycles. The van der Waals surface area contributed by atoms with Gasteiger partial charge in [-0.05, 0) is 34.7 Å². The maximum atomic E-state index is 12.3. The van der Waals surface area contributed by atoms with Crippen LogP contribution in [0.4, 0.5) is 0 Å². The number of furan rings is 1. The third-order valence-corrected chi connectivity index (χ3v) is 5.22. The van der Waals surface area contributed by atoms with Gasteiger partial charge in [-0.25, -0.2) is 4.68 Å². The van der Waals surface area contributed by atoms with Gasteiger partial charge in [-0.3, -0.25) is 4.79 Å². The van der Waals surface area contributed by atoms with E-state index in [1.165, 1.54) is 6.26 Å². The molecular formula is C19H19N5O5. The Labute approximate surface area is 165 Å². The van der Waals surface area contributed by atoms with E-state index in [-0.39, 0.29) is 36.0 Å². The number of carbonyl (C=O) groups excluding carboxylic acids is 1. The van der Waals surface area contributed by atoms with Crippen molar-refractivity contribution in [3.05, 3.63) is 48.4 Å². The van der Waals surface area contributed by atoms with Crippen molar-refractivity contribution in [2.24, 2.45) is 0 Å². The Kier molecular flexibility index (Phi) is 4.49. The average molecular weight is 397 g/mol. The van der Waals surface area contributed by atoms with Crippen molar-refractivity contribution in [3.63, 3.8) is 0 Å². The maximum Gasteiger partial charge on any atom is 0.287 e. The summed E-state index contributed by atoms with van der Waals surface area (Å²) in [5.74, 6) is 1.28. The molecule has 0 radical (unpaired) electrons. The van der Waals surface area contributed by atoms with Gasteiger partial charge in [0.05, 0.1) is 32.6 Å². The second-order valence-electron chi connectivity index (χ2n) is 6.90. The Morgan fingerprint density at radius 3 is 2.93 bits per heavy atom. The Morgan fingerprint density at radius 1 is 1.21 bits per heavy atom. The van der Waals surface area contributed by atoms with Crippen molar-refractivity contribution in [3.8, 4) is 17.1 Å². The third kappa shape index (κ3) is 3.15. The number of hydrogen-bond acceptors (Lipinski definition) is 8. The number of amides is 1. The van der Waals surface area contributed by atoms with Crippen LogP contribution in [0.15, 0.2) is 47.1 Å². The zero-order valence-electron chi connectivity index (χ0n) is 15.6. The van der Waals surface area contributed by atoms with Gasteiger partial charge in [-0.2, -0.15) is 0 Å². The van der Waals surface area contributed by atoms with E-state index in [0.717, 1.165) is 11.3 Å². The number of ether oxygens (including phenoxy) is 3. The van der Waals surface area contributed by atoms with Crippen LogP contribution in [0, 0.1) is 0 Å². The van der Waals surface area contributed by atoms with Crippen LogP contribution in [-0.2, 0) is 9.47 Å². The first-order chi connectivity index (χ1) is 14.2. The molecule has 0 spiro atoms. The third-order valence-electron chi connectivity index (χ3n) is 5.22. The zero-order valence-corrected chi connectivity index (χ0v) is 15.6. The lowest BCUT2D eigenvalue weighted by Gasteiger charge is -2.18. The highest BCUT2D eigenvalue weighted by molar-refractivity contribution is 5.91. The fraction of sp³-hybridized carbons (Fsp3) is 0.368.